The highest BCUT2D eigenvalue weighted by Gasteiger charge is 2.23. The SMILES string of the molecule is Cc1cc(C[S+]2CCOCC2)cc(C)c1O. The van der Waals surface area contributed by atoms with Gasteiger partial charge in [0.05, 0.1) is 13.2 Å². The lowest BCUT2D eigenvalue weighted by Crippen LogP contribution is -2.27. The van der Waals surface area contributed by atoms with Crippen LogP contribution in [0.5, 0.6) is 5.75 Å². The molecule has 0 bridgehead atoms. The summed E-state index contributed by atoms with van der Waals surface area (Å²) < 4.78 is 5.37. The van der Waals surface area contributed by atoms with Crippen molar-refractivity contribution < 1.29 is 9.84 Å². The van der Waals surface area contributed by atoms with Crippen molar-refractivity contribution in [2.45, 2.75) is 19.6 Å². The van der Waals surface area contributed by atoms with Gasteiger partial charge in [0.2, 0.25) is 0 Å². The number of hydrogen-bond acceptors (Lipinski definition) is 2. The average molecular weight is 239 g/mol. The first-order valence-electron chi connectivity index (χ1n) is 5.68. The highest BCUT2D eigenvalue weighted by molar-refractivity contribution is 7.96. The zero-order valence-electron chi connectivity index (χ0n) is 9.95. The molecule has 1 aliphatic rings. The molecular weight excluding hydrogens is 220 g/mol. The molecule has 0 radical (unpaired) electrons. The fourth-order valence-electron chi connectivity index (χ4n) is 2.07. The van der Waals surface area contributed by atoms with Gasteiger partial charge in [0.15, 0.2) is 0 Å². The predicted molar refractivity (Wildman–Crippen MR) is 69.2 cm³/mol. The van der Waals surface area contributed by atoms with Gasteiger partial charge in [-0.25, -0.2) is 0 Å². The molecule has 2 rings (SSSR count). The van der Waals surface area contributed by atoms with E-state index in [1.54, 1.807) is 0 Å². The van der Waals surface area contributed by atoms with Crippen LogP contribution in [0.4, 0.5) is 0 Å². The third-order valence-electron chi connectivity index (χ3n) is 2.95. The monoisotopic (exact) mass is 239 g/mol. The summed E-state index contributed by atoms with van der Waals surface area (Å²) in [6, 6.07) is 4.23. The van der Waals surface area contributed by atoms with Gasteiger partial charge in [0.25, 0.3) is 0 Å². The second-order valence-corrected chi connectivity index (χ2v) is 6.69. The van der Waals surface area contributed by atoms with Crippen molar-refractivity contribution in [3.63, 3.8) is 0 Å². The molecule has 1 N–H and O–H groups in total. The third-order valence-corrected chi connectivity index (χ3v) is 5.18. The Labute approximate surface area is 100.0 Å². The lowest BCUT2D eigenvalue weighted by Gasteiger charge is -2.15. The van der Waals surface area contributed by atoms with Gasteiger partial charge in [-0.1, -0.05) is 0 Å². The maximum atomic E-state index is 9.72. The fourth-order valence-corrected chi connectivity index (χ4v) is 3.90. The van der Waals surface area contributed by atoms with Crippen LogP contribution in [0.3, 0.4) is 0 Å². The van der Waals surface area contributed by atoms with Gasteiger partial charge in [-0.15, -0.1) is 0 Å². The molecule has 1 heterocycles. The van der Waals surface area contributed by atoms with E-state index in [0.29, 0.717) is 16.6 Å². The Morgan fingerprint density at radius 3 is 2.31 bits per heavy atom. The lowest BCUT2D eigenvalue weighted by atomic mass is 10.1. The summed E-state index contributed by atoms with van der Waals surface area (Å²) in [5.74, 6) is 3.97. The van der Waals surface area contributed by atoms with Crippen molar-refractivity contribution >= 4 is 10.9 Å². The number of rotatable bonds is 2. The van der Waals surface area contributed by atoms with Crippen molar-refractivity contribution in [3.05, 3.63) is 28.8 Å². The Bertz CT molecular complexity index is 347. The molecule has 0 spiro atoms. The zero-order valence-corrected chi connectivity index (χ0v) is 10.8. The van der Waals surface area contributed by atoms with Gasteiger partial charge in [-0.2, -0.15) is 0 Å². The standard InChI is InChI=1S/C13H18O2S/c1-10-7-12(8-11(2)13(10)14)9-16-5-3-15-4-6-16/h7-8H,3-6,9H2,1-2H3/p+1. The van der Waals surface area contributed by atoms with E-state index in [1.165, 1.54) is 17.1 Å². The topological polar surface area (TPSA) is 29.5 Å². The predicted octanol–water partition coefficient (Wildman–Crippen LogP) is 2.16. The summed E-state index contributed by atoms with van der Waals surface area (Å²) in [7, 11) is 0.475. The van der Waals surface area contributed by atoms with Crippen molar-refractivity contribution in [2.75, 3.05) is 24.7 Å². The van der Waals surface area contributed by atoms with E-state index < -0.39 is 0 Å². The molecule has 0 amide bonds. The molecule has 1 saturated heterocycles. The lowest BCUT2D eigenvalue weighted by molar-refractivity contribution is 0.159. The Kier molecular flexibility index (Phi) is 3.77. The summed E-state index contributed by atoms with van der Waals surface area (Å²) in [4.78, 5) is 0. The molecule has 0 aliphatic carbocycles. The molecule has 0 unspecified atom stereocenters. The zero-order chi connectivity index (χ0) is 11.5. The number of aryl methyl sites for hydroxylation is 2. The molecule has 1 fully saturated rings. The second-order valence-electron chi connectivity index (χ2n) is 4.36. The molecule has 1 aromatic carbocycles. The fraction of sp³-hybridized carbons (Fsp3) is 0.538. The van der Waals surface area contributed by atoms with Crippen LogP contribution in [0, 0.1) is 13.8 Å². The van der Waals surface area contributed by atoms with Gasteiger partial charge in [-0.3, -0.25) is 0 Å². The summed E-state index contributed by atoms with van der Waals surface area (Å²) in [5.41, 5.74) is 3.34. The largest absolute Gasteiger partial charge is 0.507 e. The van der Waals surface area contributed by atoms with Gasteiger partial charge in [-0.05, 0) is 48.0 Å². The summed E-state index contributed by atoms with van der Waals surface area (Å²) in [5, 5.41) is 9.72. The summed E-state index contributed by atoms with van der Waals surface area (Å²) in [6.45, 7) is 5.77. The van der Waals surface area contributed by atoms with Gasteiger partial charge in [0, 0.05) is 5.56 Å². The Morgan fingerprint density at radius 2 is 1.75 bits per heavy atom. The van der Waals surface area contributed by atoms with Gasteiger partial charge < -0.3 is 9.84 Å². The molecule has 0 saturated carbocycles. The number of benzene rings is 1. The van der Waals surface area contributed by atoms with Crippen molar-refractivity contribution in [1.82, 2.24) is 0 Å². The quantitative estimate of drug-likeness (QED) is 0.801. The maximum absolute atomic E-state index is 9.72. The van der Waals surface area contributed by atoms with Crippen LogP contribution < -0.4 is 0 Å². The third kappa shape index (κ3) is 2.71. The van der Waals surface area contributed by atoms with Crippen LogP contribution in [0.1, 0.15) is 16.7 Å². The van der Waals surface area contributed by atoms with Crippen LogP contribution in [0.15, 0.2) is 12.1 Å². The number of hydrogen-bond donors (Lipinski definition) is 1. The molecule has 3 heteroatoms. The van der Waals surface area contributed by atoms with E-state index in [2.05, 4.69) is 12.1 Å². The normalized spacial score (nSPS) is 17.6. The van der Waals surface area contributed by atoms with Crippen LogP contribution in [-0.2, 0) is 21.4 Å². The van der Waals surface area contributed by atoms with Gasteiger partial charge >= 0.3 is 0 Å². The molecule has 0 aromatic heterocycles. The number of aromatic hydroxyl groups is 1. The molecule has 16 heavy (non-hydrogen) atoms. The number of phenolic OH excluding ortho intramolecular Hbond substituents is 1. The minimum atomic E-state index is 0.444. The van der Waals surface area contributed by atoms with Crippen molar-refractivity contribution in [1.29, 1.82) is 0 Å². The van der Waals surface area contributed by atoms with E-state index in [4.69, 9.17) is 4.74 Å². The summed E-state index contributed by atoms with van der Waals surface area (Å²) in [6.07, 6.45) is 0. The van der Waals surface area contributed by atoms with Crippen LogP contribution in [-0.4, -0.2) is 29.8 Å². The first kappa shape index (κ1) is 11.8. The number of ether oxygens (including phenoxy) is 1. The molecule has 2 nitrogen and oxygen atoms in total. The maximum Gasteiger partial charge on any atom is 0.133 e. The van der Waals surface area contributed by atoms with Crippen molar-refractivity contribution in [3.8, 4) is 5.75 Å². The molecule has 1 aromatic rings. The van der Waals surface area contributed by atoms with Crippen LogP contribution in [0.2, 0.25) is 0 Å². The molecular formula is C13H19O2S+. The second kappa shape index (κ2) is 5.11. The van der Waals surface area contributed by atoms with E-state index in [0.717, 1.165) is 30.1 Å². The van der Waals surface area contributed by atoms with Crippen LogP contribution >= 0.6 is 0 Å². The van der Waals surface area contributed by atoms with E-state index in [9.17, 15) is 5.11 Å². The van der Waals surface area contributed by atoms with Crippen LogP contribution in [0.25, 0.3) is 0 Å². The van der Waals surface area contributed by atoms with E-state index in [-0.39, 0.29) is 0 Å². The molecule has 0 atom stereocenters. The highest BCUT2D eigenvalue weighted by Crippen LogP contribution is 2.24. The highest BCUT2D eigenvalue weighted by atomic mass is 32.2. The summed E-state index contributed by atoms with van der Waals surface area (Å²) >= 11 is 0. The van der Waals surface area contributed by atoms with E-state index >= 15 is 0 Å². The Hall–Kier alpha value is -0.670. The minimum absolute atomic E-state index is 0.444. The first-order valence-corrected chi connectivity index (χ1v) is 7.41. The van der Waals surface area contributed by atoms with E-state index in [1.807, 2.05) is 13.8 Å². The smallest absolute Gasteiger partial charge is 0.133 e. The average Bonchev–Trinajstić information content (AvgIpc) is 2.27. The molecule has 88 valence electrons. The minimum Gasteiger partial charge on any atom is -0.507 e. The number of phenols is 1. The first-order chi connectivity index (χ1) is 7.66. The Morgan fingerprint density at radius 1 is 1.19 bits per heavy atom. The van der Waals surface area contributed by atoms with Crippen molar-refractivity contribution in [2.24, 2.45) is 0 Å². The molecule has 1 aliphatic heterocycles. The van der Waals surface area contributed by atoms with Gasteiger partial charge in [0.1, 0.15) is 23.0 Å². The Balaban J connectivity index is 2.09.